The number of rotatable bonds is 3. The minimum Gasteiger partial charge on any atom is -0.247 e. The molecule has 2 aromatic carbocycles. The van der Waals surface area contributed by atoms with Gasteiger partial charge in [0.05, 0.1) is 11.2 Å². The number of hydrogen-bond donors (Lipinski definition) is 0. The first kappa shape index (κ1) is 16.7. The van der Waals surface area contributed by atoms with Gasteiger partial charge >= 0.3 is 0 Å². The van der Waals surface area contributed by atoms with Crippen molar-refractivity contribution in [1.82, 2.24) is 9.97 Å². The Kier molecular flexibility index (Phi) is 4.44. The van der Waals surface area contributed by atoms with Crippen LogP contribution in [-0.4, -0.2) is 9.97 Å². The Morgan fingerprint density at radius 1 is 0.846 bits per heavy atom. The van der Waals surface area contributed by atoms with Crippen molar-refractivity contribution in [2.45, 2.75) is 13.8 Å². The number of hydrogen-bond acceptors (Lipinski definition) is 2. The highest BCUT2D eigenvalue weighted by Gasteiger charge is 2.13. The first-order valence-corrected chi connectivity index (χ1v) is 8.93. The molecule has 0 aliphatic heterocycles. The summed E-state index contributed by atoms with van der Waals surface area (Å²) in [5.41, 5.74) is 6.29. The number of nitrogens with zero attached hydrogens (tertiary/aromatic N) is 2. The summed E-state index contributed by atoms with van der Waals surface area (Å²) >= 11 is 6.32. The maximum atomic E-state index is 6.32. The fraction of sp³-hybridized carbons (Fsp3) is 0.0870. The third kappa shape index (κ3) is 3.09. The van der Waals surface area contributed by atoms with Crippen LogP contribution in [0.4, 0.5) is 0 Å². The molecule has 0 unspecified atom stereocenters. The lowest BCUT2D eigenvalue weighted by Gasteiger charge is -2.13. The number of halogens is 1. The molecule has 2 heterocycles. The van der Waals surface area contributed by atoms with Crippen LogP contribution in [0.25, 0.3) is 33.3 Å². The van der Waals surface area contributed by atoms with Gasteiger partial charge in [-0.2, -0.15) is 0 Å². The first-order chi connectivity index (χ1) is 12.6. The lowest BCUT2D eigenvalue weighted by atomic mass is 9.95. The summed E-state index contributed by atoms with van der Waals surface area (Å²) in [4.78, 5) is 9.12. The highest BCUT2D eigenvalue weighted by atomic mass is 35.5. The minimum atomic E-state index is 0.477. The summed E-state index contributed by atoms with van der Waals surface area (Å²) < 4.78 is 0. The van der Waals surface area contributed by atoms with Crippen LogP contribution in [0.5, 0.6) is 0 Å². The van der Waals surface area contributed by atoms with E-state index in [0.29, 0.717) is 5.15 Å². The molecule has 0 bridgehead atoms. The number of aromatic nitrogens is 2. The summed E-state index contributed by atoms with van der Waals surface area (Å²) in [6, 6.07) is 22.8. The zero-order valence-corrected chi connectivity index (χ0v) is 15.5. The van der Waals surface area contributed by atoms with E-state index in [4.69, 9.17) is 16.6 Å². The normalized spacial score (nSPS) is 11.2. The van der Waals surface area contributed by atoms with Crippen molar-refractivity contribution in [2.24, 2.45) is 0 Å². The van der Waals surface area contributed by atoms with Crippen molar-refractivity contribution in [3.63, 3.8) is 0 Å². The summed E-state index contributed by atoms with van der Waals surface area (Å²) in [6.45, 7) is 4.24. The summed E-state index contributed by atoms with van der Waals surface area (Å²) in [7, 11) is 0. The first-order valence-electron chi connectivity index (χ1n) is 8.55. The quantitative estimate of drug-likeness (QED) is 0.387. The number of pyridine rings is 2. The van der Waals surface area contributed by atoms with Crippen LogP contribution in [0.1, 0.15) is 19.4 Å². The average Bonchev–Trinajstić information content (AvgIpc) is 2.68. The molecule has 4 rings (SSSR count). The second-order valence-electron chi connectivity index (χ2n) is 6.50. The molecule has 26 heavy (non-hydrogen) atoms. The second kappa shape index (κ2) is 6.89. The Labute approximate surface area is 158 Å². The van der Waals surface area contributed by atoms with Gasteiger partial charge in [-0.15, -0.1) is 0 Å². The highest BCUT2D eigenvalue weighted by Crippen LogP contribution is 2.35. The molecule has 3 heteroatoms. The fourth-order valence-electron chi connectivity index (χ4n) is 3.08. The van der Waals surface area contributed by atoms with Crippen molar-refractivity contribution >= 4 is 22.5 Å². The molecule has 0 aliphatic rings. The van der Waals surface area contributed by atoms with Gasteiger partial charge in [0.15, 0.2) is 0 Å². The van der Waals surface area contributed by atoms with Gasteiger partial charge in [-0.25, -0.2) is 9.97 Å². The van der Waals surface area contributed by atoms with Crippen LogP contribution < -0.4 is 0 Å². The van der Waals surface area contributed by atoms with Gasteiger partial charge in [0.2, 0.25) is 0 Å². The molecule has 2 nitrogen and oxygen atoms in total. The standard InChI is InChI=1S/C23H18ClN2/c1-15(2)16-8-10-18(11-9-16)22-19(17-6-4-3-5-7-17)14-20-21(26-22)12-13-25-23(20)24/h3-14H,1-2H3. The van der Waals surface area contributed by atoms with Crippen LogP contribution in [-0.2, 0) is 0 Å². The van der Waals surface area contributed by atoms with Crippen LogP contribution in [0.2, 0.25) is 5.15 Å². The van der Waals surface area contributed by atoms with Crippen molar-refractivity contribution in [3.8, 4) is 22.4 Å². The predicted molar refractivity (Wildman–Crippen MR) is 109 cm³/mol. The van der Waals surface area contributed by atoms with E-state index >= 15 is 0 Å². The summed E-state index contributed by atoms with van der Waals surface area (Å²) in [5, 5.41) is 1.34. The molecule has 0 aliphatic carbocycles. The van der Waals surface area contributed by atoms with E-state index in [9.17, 15) is 0 Å². The van der Waals surface area contributed by atoms with E-state index in [0.717, 1.165) is 33.3 Å². The van der Waals surface area contributed by atoms with Gasteiger partial charge < -0.3 is 0 Å². The SMILES string of the molecule is C[C](C)c1ccc(-c2nc3ccnc(Cl)c3cc2-c2ccccc2)cc1. The molecule has 0 fully saturated rings. The van der Waals surface area contributed by atoms with Crippen molar-refractivity contribution in [3.05, 3.63) is 89.6 Å². The molecule has 127 valence electrons. The lowest BCUT2D eigenvalue weighted by Crippen LogP contribution is -1.94. The molecular weight excluding hydrogens is 340 g/mol. The molecule has 1 radical (unpaired) electrons. The fourth-order valence-corrected chi connectivity index (χ4v) is 3.29. The van der Waals surface area contributed by atoms with Crippen LogP contribution in [0, 0.1) is 5.92 Å². The maximum Gasteiger partial charge on any atom is 0.138 e. The van der Waals surface area contributed by atoms with Gasteiger partial charge in [0, 0.05) is 22.7 Å². The Hall–Kier alpha value is -2.71. The second-order valence-corrected chi connectivity index (χ2v) is 6.85. The molecule has 0 saturated heterocycles. The molecule has 0 amide bonds. The topological polar surface area (TPSA) is 25.8 Å². The molecule has 0 spiro atoms. The third-order valence-corrected chi connectivity index (χ3v) is 4.82. The zero-order valence-electron chi connectivity index (χ0n) is 14.7. The van der Waals surface area contributed by atoms with Crippen molar-refractivity contribution in [2.75, 3.05) is 0 Å². The Balaban J connectivity index is 1.97. The highest BCUT2D eigenvalue weighted by molar-refractivity contribution is 6.34. The number of benzene rings is 2. The van der Waals surface area contributed by atoms with E-state index in [1.165, 1.54) is 11.5 Å². The predicted octanol–water partition coefficient (Wildman–Crippen LogP) is 6.58. The van der Waals surface area contributed by atoms with E-state index in [1.807, 2.05) is 24.3 Å². The molecule has 0 atom stereocenters. The molecule has 2 aromatic heterocycles. The largest absolute Gasteiger partial charge is 0.247 e. The lowest BCUT2D eigenvalue weighted by molar-refractivity contribution is 1.15. The van der Waals surface area contributed by atoms with Gasteiger partial charge in [0.1, 0.15) is 5.15 Å². The zero-order chi connectivity index (χ0) is 18.1. The van der Waals surface area contributed by atoms with Crippen molar-refractivity contribution < 1.29 is 0 Å². The Morgan fingerprint density at radius 3 is 2.27 bits per heavy atom. The van der Waals surface area contributed by atoms with E-state index in [2.05, 4.69) is 61.3 Å². The smallest absolute Gasteiger partial charge is 0.138 e. The maximum absolute atomic E-state index is 6.32. The monoisotopic (exact) mass is 357 g/mol. The van der Waals surface area contributed by atoms with E-state index in [1.54, 1.807) is 6.20 Å². The van der Waals surface area contributed by atoms with Crippen molar-refractivity contribution in [1.29, 1.82) is 0 Å². The molecule has 0 saturated carbocycles. The van der Waals surface area contributed by atoms with Gasteiger partial charge in [-0.1, -0.05) is 80.0 Å². The van der Waals surface area contributed by atoms with E-state index in [-0.39, 0.29) is 0 Å². The van der Waals surface area contributed by atoms with Gasteiger partial charge in [-0.3, -0.25) is 0 Å². The minimum absolute atomic E-state index is 0.477. The third-order valence-electron chi connectivity index (χ3n) is 4.52. The van der Waals surface area contributed by atoms with Crippen LogP contribution >= 0.6 is 11.6 Å². The average molecular weight is 358 g/mol. The molecule has 4 aromatic rings. The van der Waals surface area contributed by atoms with Crippen LogP contribution in [0.15, 0.2) is 72.9 Å². The summed E-state index contributed by atoms with van der Waals surface area (Å²) in [6.07, 6.45) is 1.70. The van der Waals surface area contributed by atoms with Gasteiger partial charge in [0.25, 0.3) is 0 Å². The molecule has 0 N–H and O–H groups in total. The van der Waals surface area contributed by atoms with Crippen LogP contribution in [0.3, 0.4) is 0 Å². The Morgan fingerprint density at radius 2 is 1.58 bits per heavy atom. The van der Waals surface area contributed by atoms with E-state index < -0.39 is 0 Å². The van der Waals surface area contributed by atoms with Gasteiger partial charge in [-0.05, 0) is 29.2 Å². The summed E-state index contributed by atoms with van der Waals surface area (Å²) in [5.74, 6) is 1.30. The molecular formula is C23H18ClN2. The Bertz CT molecular complexity index is 1050. The number of fused-ring (bicyclic) bond motifs is 1.